The number of hydrogen-bond donors (Lipinski definition) is 0. The van der Waals surface area contributed by atoms with E-state index in [0.717, 1.165) is 8.78 Å². The fourth-order valence-electron chi connectivity index (χ4n) is 2.16. The van der Waals surface area contributed by atoms with Crippen LogP contribution in [0.3, 0.4) is 0 Å². The van der Waals surface area contributed by atoms with E-state index >= 15 is 0 Å². The van der Waals surface area contributed by atoms with Crippen molar-refractivity contribution in [3.05, 3.63) is 69.7 Å². The summed E-state index contributed by atoms with van der Waals surface area (Å²) in [4.78, 5) is 10.5. The third-order valence-corrected chi connectivity index (χ3v) is 5.66. The van der Waals surface area contributed by atoms with Crippen LogP contribution in [0.5, 0.6) is 5.75 Å². The van der Waals surface area contributed by atoms with Crippen molar-refractivity contribution >= 4 is 37.3 Å². The minimum Gasteiger partial charge on any atom is -0.495 e. The van der Waals surface area contributed by atoms with Gasteiger partial charge in [0.15, 0.2) is 0 Å². The molecule has 0 aromatic heterocycles. The van der Waals surface area contributed by atoms with Crippen molar-refractivity contribution < 1.29 is 18.1 Å². The molecule has 2 rings (SSSR count). The van der Waals surface area contributed by atoms with E-state index < -0.39 is 14.9 Å². The molecule has 0 amide bonds. The van der Waals surface area contributed by atoms with Gasteiger partial charge >= 0.3 is 0 Å². The second-order valence-corrected chi connectivity index (χ2v) is 7.67. The van der Waals surface area contributed by atoms with Gasteiger partial charge in [0, 0.05) is 16.6 Å². The molecule has 0 atom stereocenters. The summed E-state index contributed by atoms with van der Waals surface area (Å²) < 4.78 is 33.0. The lowest BCUT2D eigenvalue weighted by Crippen LogP contribution is -2.31. The summed E-state index contributed by atoms with van der Waals surface area (Å²) in [5, 5.41) is 11.1. The first-order valence-electron chi connectivity index (χ1n) is 7.03. The van der Waals surface area contributed by atoms with Crippen LogP contribution in [0.25, 0.3) is 0 Å². The van der Waals surface area contributed by atoms with Crippen LogP contribution in [-0.4, -0.2) is 27.0 Å². The fourth-order valence-corrected chi connectivity index (χ4v) is 3.87. The highest BCUT2D eigenvalue weighted by molar-refractivity contribution is 9.10. The lowest BCUT2D eigenvalue weighted by atomic mass is 10.2. The molecule has 132 valence electrons. The number of anilines is 1. The number of nitro groups is 1. The van der Waals surface area contributed by atoms with Crippen LogP contribution in [-0.2, 0) is 10.0 Å². The number of nitrogens with zero attached hydrogens (tertiary/aromatic N) is 2. The minimum atomic E-state index is -3.97. The van der Waals surface area contributed by atoms with Crippen LogP contribution >= 0.6 is 15.9 Å². The summed E-state index contributed by atoms with van der Waals surface area (Å²) in [6.07, 6.45) is 1.40. The van der Waals surface area contributed by atoms with Crippen molar-refractivity contribution in [1.29, 1.82) is 0 Å². The van der Waals surface area contributed by atoms with E-state index in [1.54, 1.807) is 12.1 Å². The first-order valence-corrected chi connectivity index (χ1v) is 9.26. The molecule has 0 radical (unpaired) electrons. The summed E-state index contributed by atoms with van der Waals surface area (Å²) in [6, 6.07) is 9.87. The highest BCUT2D eigenvalue weighted by atomic mass is 79.9. The maximum absolute atomic E-state index is 13.0. The quantitative estimate of drug-likeness (QED) is 0.382. The fraction of sp³-hybridized carbons (Fsp3) is 0.125. The molecule has 7 nitrogen and oxygen atoms in total. The second-order valence-electron chi connectivity index (χ2n) is 4.89. The predicted molar refractivity (Wildman–Crippen MR) is 98.5 cm³/mol. The monoisotopic (exact) mass is 426 g/mol. The highest BCUT2D eigenvalue weighted by Crippen LogP contribution is 2.35. The van der Waals surface area contributed by atoms with Crippen molar-refractivity contribution in [3.63, 3.8) is 0 Å². The normalized spacial score (nSPS) is 11.0. The molecule has 0 fully saturated rings. The Bertz CT molecular complexity index is 897. The van der Waals surface area contributed by atoms with E-state index in [1.165, 1.54) is 43.5 Å². The van der Waals surface area contributed by atoms with Gasteiger partial charge in [0.25, 0.3) is 15.7 Å². The van der Waals surface area contributed by atoms with Gasteiger partial charge in [0.1, 0.15) is 11.4 Å². The predicted octanol–water partition coefficient (Wildman–Crippen LogP) is 3.75. The number of nitro benzene ring substituents is 1. The molecule has 0 bridgehead atoms. The first kappa shape index (κ1) is 18.9. The topological polar surface area (TPSA) is 89.8 Å². The van der Waals surface area contributed by atoms with Crippen LogP contribution < -0.4 is 9.04 Å². The number of sulfonamides is 1. The van der Waals surface area contributed by atoms with Gasteiger partial charge in [0.05, 0.1) is 23.5 Å². The van der Waals surface area contributed by atoms with E-state index in [9.17, 15) is 18.5 Å². The van der Waals surface area contributed by atoms with Crippen molar-refractivity contribution in [3.8, 4) is 5.75 Å². The maximum atomic E-state index is 13.0. The first-order chi connectivity index (χ1) is 11.8. The van der Waals surface area contributed by atoms with Gasteiger partial charge in [-0.25, -0.2) is 8.42 Å². The van der Waals surface area contributed by atoms with Crippen LogP contribution in [0.1, 0.15) is 0 Å². The summed E-state index contributed by atoms with van der Waals surface area (Å²) in [7, 11) is -2.61. The standard InChI is InChI=1S/C16H15BrN2O5S/c1-3-10-18(25(22,23)14-7-4-12(17)5-8-14)15-11-13(19(20)21)6-9-16(15)24-2/h3-9,11H,1,10H2,2H3. The van der Waals surface area contributed by atoms with Crippen LogP contribution in [0.15, 0.2) is 64.5 Å². The van der Waals surface area contributed by atoms with Crippen molar-refractivity contribution in [2.24, 2.45) is 0 Å². The van der Waals surface area contributed by atoms with Crippen LogP contribution in [0.4, 0.5) is 11.4 Å². The zero-order valence-electron chi connectivity index (χ0n) is 13.3. The number of halogens is 1. The molecule has 2 aromatic carbocycles. The number of methoxy groups -OCH3 is 1. The minimum absolute atomic E-state index is 0.0473. The van der Waals surface area contributed by atoms with Gasteiger partial charge in [0.2, 0.25) is 0 Å². The Morgan fingerprint density at radius 1 is 1.28 bits per heavy atom. The van der Waals surface area contributed by atoms with Gasteiger partial charge in [-0.1, -0.05) is 22.0 Å². The van der Waals surface area contributed by atoms with Crippen LogP contribution in [0.2, 0.25) is 0 Å². The second kappa shape index (κ2) is 7.66. The van der Waals surface area contributed by atoms with E-state index in [4.69, 9.17) is 4.74 Å². The van der Waals surface area contributed by atoms with Crippen molar-refractivity contribution in [1.82, 2.24) is 0 Å². The molecule has 0 spiro atoms. The molecular formula is C16H15BrN2O5S. The molecule has 25 heavy (non-hydrogen) atoms. The van der Waals surface area contributed by atoms with Gasteiger partial charge in [-0.2, -0.15) is 0 Å². The lowest BCUT2D eigenvalue weighted by Gasteiger charge is -2.24. The van der Waals surface area contributed by atoms with Gasteiger partial charge in [-0.15, -0.1) is 6.58 Å². The van der Waals surface area contributed by atoms with Crippen molar-refractivity contribution in [2.75, 3.05) is 18.0 Å². The molecule has 0 saturated heterocycles. The molecular weight excluding hydrogens is 412 g/mol. The SMILES string of the molecule is C=CCN(c1cc([N+](=O)[O-])ccc1OC)S(=O)(=O)c1ccc(Br)cc1. The molecule has 0 heterocycles. The number of non-ortho nitro benzene ring substituents is 1. The maximum Gasteiger partial charge on any atom is 0.271 e. The van der Waals surface area contributed by atoms with Crippen LogP contribution in [0, 0.1) is 10.1 Å². The largest absolute Gasteiger partial charge is 0.495 e. The van der Waals surface area contributed by atoms with E-state index in [-0.39, 0.29) is 28.6 Å². The number of ether oxygens (including phenoxy) is 1. The number of rotatable bonds is 7. The average molecular weight is 427 g/mol. The highest BCUT2D eigenvalue weighted by Gasteiger charge is 2.28. The molecule has 2 aromatic rings. The summed E-state index contributed by atoms with van der Waals surface area (Å²) in [5.74, 6) is 0.202. The number of benzene rings is 2. The zero-order valence-corrected chi connectivity index (χ0v) is 15.7. The Labute approximate surface area is 153 Å². The Morgan fingerprint density at radius 3 is 2.44 bits per heavy atom. The van der Waals surface area contributed by atoms with E-state index in [0.29, 0.717) is 0 Å². The van der Waals surface area contributed by atoms with E-state index in [1.807, 2.05) is 0 Å². The molecule has 0 aliphatic carbocycles. The Kier molecular flexibility index (Phi) is 5.81. The molecule has 0 aliphatic rings. The molecule has 0 N–H and O–H groups in total. The third kappa shape index (κ3) is 3.99. The number of hydrogen-bond acceptors (Lipinski definition) is 5. The summed E-state index contributed by atoms with van der Waals surface area (Å²) >= 11 is 3.25. The average Bonchev–Trinajstić information content (AvgIpc) is 2.59. The van der Waals surface area contributed by atoms with Crippen molar-refractivity contribution in [2.45, 2.75) is 4.90 Å². The molecule has 9 heteroatoms. The smallest absolute Gasteiger partial charge is 0.271 e. The van der Waals surface area contributed by atoms with Gasteiger partial charge in [-0.05, 0) is 30.3 Å². The van der Waals surface area contributed by atoms with Gasteiger partial charge < -0.3 is 4.74 Å². The lowest BCUT2D eigenvalue weighted by molar-refractivity contribution is -0.384. The zero-order chi connectivity index (χ0) is 18.6. The Hall–Kier alpha value is -2.39. The third-order valence-electron chi connectivity index (χ3n) is 3.34. The van der Waals surface area contributed by atoms with Gasteiger partial charge in [-0.3, -0.25) is 14.4 Å². The Morgan fingerprint density at radius 2 is 1.92 bits per heavy atom. The van der Waals surface area contributed by atoms with E-state index in [2.05, 4.69) is 22.5 Å². The molecule has 0 saturated carbocycles. The Balaban J connectivity index is 2.65. The molecule has 0 aliphatic heterocycles. The summed E-state index contributed by atoms with van der Waals surface area (Å²) in [6.45, 7) is 3.50. The summed E-state index contributed by atoms with van der Waals surface area (Å²) in [5.41, 5.74) is -0.171. The molecule has 0 unspecified atom stereocenters.